The van der Waals surface area contributed by atoms with Gasteiger partial charge < -0.3 is 9.64 Å². The molecule has 1 aliphatic rings. The van der Waals surface area contributed by atoms with Crippen molar-refractivity contribution in [3.8, 4) is 0 Å². The molecule has 1 atom stereocenters. The molecule has 5 heteroatoms. The number of carbonyl (C=O) groups excluding carboxylic acids is 1. The van der Waals surface area contributed by atoms with E-state index in [9.17, 15) is 9.18 Å². The van der Waals surface area contributed by atoms with Crippen LogP contribution in [0.4, 0.5) is 4.39 Å². The van der Waals surface area contributed by atoms with E-state index in [0.717, 1.165) is 3.57 Å². The largest absolute Gasteiger partial charge is 0.375 e. The van der Waals surface area contributed by atoms with Crippen molar-refractivity contribution in [3.05, 3.63) is 33.1 Å². The van der Waals surface area contributed by atoms with Crippen molar-refractivity contribution in [2.75, 3.05) is 19.7 Å². The number of carbonyl (C=O) groups is 1. The first kappa shape index (κ1) is 12.8. The smallest absolute Gasteiger partial charge is 0.254 e. The minimum absolute atomic E-state index is 0.0420. The number of ether oxygens (including phenoxy) is 1. The summed E-state index contributed by atoms with van der Waals surface area (Å²) in [5, 5.41) is 0. The van der Waals surface area contributed by atoms with Crippen molar-refractivity contribution in [2.45, 2.75) is 13.0 Å². The van der Waals surface area contributed by atoms with Crippen LogP contribution < -0.4 is 0 Å². The first-order valence-electron chi connectivity index (χ1n) is 5.43. The molecule has 1 saturated heterocycles. The zero-order chi connectivity index (χ0) is 12.4. The van der Waals surface area contributed by atoms with Crippen molar-refractivity contribution in [2.24, 2.45) is 0 Å². The maximum atomic E-state index is 13.2. The molecule has 0 spiro atoms. The molecule has 0 unspecified atom stereocenters. The van der Waals surface area contributed by atoms with Crippen LogP contribution in [-0.4, -0.2) is 36.6 Å². The van der Waals surface area contributed by atoms with Gasteiger partial charge in [-0.05, 0) is 47.7 Å². The molecular formula is C12H13FINO2. The molecule has 1 heterocycles. The highest BCUT2D eigenvalue weighted by molar-refractivity contribution is 14.1. The number of nitrogens with zero attached hydrogens (tertiary/aromatic N) is 1. The summed E-state index contributed by atoms with van der Waals surface area (Å²) in [5.74, 6) is -0.501. The van der Waals surface area contributed by atoms with Crippen LogP contribution in [0.1, 0.15) is 17.3 Å². The van der Waals surface area contributed by atoms with E-state index in [2.05, 4.69) is 0 Å². The average Bonchev–Trinajstić information content (AvgIpc) is 2.26. The van der Waals surface area contributed by atoms with Gasteiger partial charge in [0.15, 0.2) is 0 Å². The van der Waals surface area contributed by atoms with Crippen LogP contribution in [0.2, 0.25) is 0 Å². The van der Waals surface area contributed by atoms with Gasteiger partial charge in [0.2, 0.25) is 0 Å². The molecule has 0 aliphatic carbocycles. The summed E-state index contributed by atoms with van der Waals surface area (Å²) in [6.07, 6.45) is 0.0420. The lowest BCUT2D eigenvalue weighted by Crippen LogP contribution is -2.44. The predicted molar refractivity (Wildman–Crippen MR) is 70.4 cm³/mol. The predicted octanol–water partition coefficient (Wildman–Crippen LogP) is 2.29. The Morgan fingerprint density at radius 3 is 2.94 bits per heavy atom. The van der Waals surface area contributed by atoms with Gasteiger partial charge in [-0.2, -0.15) is 0 Å². The lowest BCUT2D eigenvalue weighted by molar-refractivity contribution is -0.0124. The number of amides is 1. The Bertz CT molecular complexity index is 418. The van der Waals surface area contributed by atoms with E-state index >= 15 is 0 Å². The second-order valence-corrected chi connectivity index (χ2v) is 5.34. The maximum absolute atomic E-state index is 13.2. The van der Waals surface area contributed by atoms with Gasteiger partial charge in [-0.25, -0.2) is 4.39 Å². The Morgan fingerprint density at radius 2 is 2.29 bits per heavy atom. The number of hydrogen-bond donors (Lipinski definition) is 0. The fraction of sp³-hybridized carbons (Fsp3) is 0.417. The van der Waals surface area contributed by atoms with Crippen molar-refractivity contribution in [1.82, 2.24) is 4.90 Å². The third-order valence-corrected chi connectivity index (χ3v) is 3.26. The Labute approximate surface area is 113 Å². The quantitative estimate of drug-likeness (QED) is 0.729. The minimum atomic E-state index is -0.374. The van der Waals surface area contributed by atoms with Gasteiger partial charge in [0.25, 0.3) is 5.91 Å². The van der Waals surface area contributed by atoms with Crippen molar-refractivity contribution in [1.29, 1.82) is 0 Å². The van der Waals surface area contributed by atoms with Crippen molar-refractivity contribution >= 4 is 28.5 Å². The van der Waals surface area contributed by atoms with Crippen LogP contribution in [-0.2, 0) is 4.74 Å². The number of hydrogen-bond acceptors (Lipinski definition) is 2. The summed E-state index contributed by atoms with van der Waals surface area (Å²) in [6, 6.07) is 4.38. The molecule has 3 nitrogen and oxygen atoms in total. The van der Waals surface area contributed by atoms with Crippen molar-refractivity contribution < 1.29 is 13.9 Å². The van der Waals surface area contributed by atoms with Gasteiger partial charge in [0, 0.05) is 22.2 Å². The lowest BCUT2D eigenvalue weighted by Gasteiger charge is -2.31. The second-order valence-electron chi connectivity index (χ2n) is 4.09. The highest BCUT2D eigenvalue weighted by atomic mass is 127. The molecule has 17 heavy (non-hydrogen) atoms. The Morgan fingerprint density at radius 1 is 1.53 bits per heavy atom. The Hall–Kier alpha value is -0.690. The van der Waals surface area contributed by atoms with Crippen LogP contribution in [0.25, 0.3) is 0 Å². The molecule has 0 saturated carbocycles. The normalized spacial score (nSPS) is 20.4. The Balaban J connectivity index is 2.18. The fourth-order valence-electron chi connectivity index (χ4n) is 1.86. The topological polar surface area (TPSA) is 29.5 Å². The molecule has 0 radical (unpaired) electrons. The van der Waals surface area contributed by atoms with E-state index in [1.165, 1.54) is 12.1 Å². The van der Waals surface area contributed by atoms with Gasteiger partial charge >= 0.3 is 0 Å². The van der Waals surface area contributed by atoms with Crippen LogP contribution in [0.5, 0.6) is 0 Å². The van der Waals surface area contributed by atoms with E-state index in [0.29, 0.717) is 25.3 Å². The molecule has 1 aliphatic heterocycles. The van der Waals surface area contributed by atoms with Crippen LogP contribution in [0.3, 0.4) is 0 Å². The lowest BCUT2D eigenvalue weighted by atomic mass is 10.1. The SMILES string of the molecule is C[C@@H]1CN(C(=O)c2cc(F)cc(I)c2)CCO1. The Kier molecular flexibility index (Phi) is 3.98. The number of halogens is 2. The molecule has 0 aromatic heterocycles. The van der Waals surface area contributed by atoms with Crippen LogP contribution >= 0.6 is 22.6 Å². The van der Waals surface area contributed by atoms with E-state index in [1.54, 1.807) is 11.0 Å². The average molecular weight is 349 g/mol. The fourth-order valence-corrected chi connectivity index (χ4v) is 2.50. The summed E-state index contributed by atoms with van der Waals surface area (Å²) in [5.41, 5.74) is 0.406. The third-order valence-electron chi connectivity index (χ3n) is 2.64. The number of morpholine rings is 1. The van der Waals surface area contributed by atoms with Gasteiger partial charge in [-0.1, -0.05) is 0 Å². The number of benzene rings is 1. The van der Waals surface area contributed by atoms with E-state index in [4.69, 9.17) is 4.74 Å². The summed E-state index contributed by atoms with van der Waals surface area (Å²) < 4.78 is 19.3. The van der Waals surface area contributed by atoms with Gasteiger partial charge in [0.1, 0.15) is 5.82 Å². The first-order valence-corrected chi connectivity index (χ1v) is 6.51. The van der Waals surface area contributed by atoms with Crippen LogP contribution in [0.15, 0.2) is 18.2 Å². The molecule has 0 N–H and O–H groups in total. The molecular weight excluding hydrogens is 336 g/mol. The van der Waals surface area contributed by atoms with E-state index in [-0.39, 0.29) is 17.8 Å². The maximum Gasteiger partial charge on any atom is 0.254 e. The molecule has 1 aromatic carbocycles. The zero-order valence-electron chi connectivity index (χ0n) is 9.45. The first-order chi connectivity index (χ1) is 8.06. The minimum Gasteiger partial charge on any atom is -0.375 e. The molecule has 0 bridgehead atoms. The summed E-state index contributed by atoms with van der Waals surface area (Å²) in [7, 11) is 0. The molecule has 1 aromatic rings. The summed E-state index contributed by atoms with van der Waals surface area (Å²) >= 11 is 2.00. The van der Waals surface area contributed by atoms with Crippen molar-refractivity contribution in [3.63, 3.8) is 0 Å². The monoisotopic (exact) mass is 349 g/mol. The van der Waals surface area contributed by atoms with Crippen LogP contribution in [0, 0.1) is 9.39 Å². The third kappa shape index (κ3) is 3.16. The van der Waals surface area contributed by atoms with Gasteiger partial charge in [-0.3, -0.25) is 4.79 Å². The molecule has 1 fully saturated rings. The molecule has 92 valence electrons. The standard InChI is InChI=1S/C12H13FINO2/c1-8-7-15(2-3-17-8)12(16)9-4-10(13)6-11(14)5-9/h4-6,8H,2-3,7H2,1H3/t8-/m1/s1. The molecule has 1 amide bonds. The highest BCUT2D eigenvalue weighted by Gasteiger charge is 2.22. The van der Waals surface area contributed by atoms with E-state index < -0.39 is 0 Å². The summed E-state index contributed by atoms with van der Waals surface area (Å²) in [4.78, 5) is 13.9. The number of rotatable bonds is 1. The summed E-state index contributed by atoms with van der Waals surface area (Å²) in [6.45, 7) is 3.59. The van der Waals surface area contributed by atoms with E-state index in [1.807, 2.05) is 29.5 Å². The molecule has 2 rings (SSSR count). The highest BCUT2D eigenvalue weighted by Crippen LogP contribution is 2.15. The second kappa shape index (κ2) is 5.30. The van der Waals surface area contributed by atoms with Gasteiger partial charge in [0.05, 0.1) is 12.7 Å². The van der Waals surface area contributed by atoms with Gasteiger partial charge in [-0.15, -0.1) is 0 Å². The zero-order valence-corrected chi connectivity index (χ0v) is 11.6.